The minimum atomic E-state index is 0.889. The summed E-state index contributed by atoms with van der Waals surface area (Å²) in [7, 11) is 1.71. The van der Waals surface area contributed by atoms with Crippen LogP contribution >= 0.6 is 0 Å². The van der Waals surface area contributed by atoms with E-state index in [0.29, 0.717) is 0 Å². The predicted octanol–water partition coefficient (Wildman–Crippen LogP) is 3.76. The van der Waals surface area contributed by atoms with Gasteiger partial charge in [0.15, 0.2) is 0 Å². The molecule has 0 fully saturated rings. The maximum absolute atomic E-state index is 4.69. The van der Waals surface area contributed by atoms with Gasteiger partial charge in [0.25, 0.3) is 0 Å². The van der Waals surface area contributed by atoms with Crippen molar-refractivity contribution >= 4 is 0 Å². The summed E-state index contributed by atoms with van der Waals surface area (Å²) in [5, 5.41) is 0. The van der Waals surface area contributed by atoms with Crippen LogP contribution in [0.2, 0.25) is 0 Å². The fourth-order valence-corrected chi connectivity index (χ4v) is 0.589. The summed E-state index contributed by atoms with van der Waals surface area (Å²) < 4.78 is 4.69. The van der Waals surface area contributed by atoms with Gasteiger partial charge in [0.1, 0.15) is 0 Å². The smallest absolute Gasteiger partial charge is 0.0459 e. The van der Waals surface area contributed by atoms with Crippen molar-refractivity contribution in [2.45, 2.75) is 27.2 Å². The molecule has 0 spiro atoms. The molecule has 1 rings (SSSR count). The Morgan fingerprint density at radius 3 is 1.23 bits per heavy atom. The van der Waals surface area contributed by atoms with E-state index in [4.69, 9.17) is 4.74 Å². The van der Waals surface area contributed by atoms with Crippen LogP contribution in [0.4, 0.5) is 0 Å². The molecule has 1 heteroatoms. The molecule has 0 atom stereocenters. The molecule has 0 aromatic heterocycles. The molecule has 0 saturated heterocycles. The largest absolute Gasteiger partial charge is 0.385 e. The van der Waals surface area contributed by atoms with Crippen LogP contribution in [0.1, 0.15) is 27.2 Å². The Balaban J connectivity index is 0. The van der Waals surface area contributed by atoms with Crippen molar-refractivity contribution in [2.75, 3.05) is 13.7 Å². The second-order valence-electron chi connectivity index (χ2n) is 2.15. The molecule has 0 aliphatic carbocycles. The second-order valence-corrected chi connectivity index (χ2v) is 2.15. The fourth-order valence-electron chi connectivity index (χ4n) is 0.589. The van der Waals surface area contributed by atoms with E-state index >= 15 is 0 Å². The summed E-state index contributed by atoms with van der Waals surface area (Å²) in [6, 6.07) is 12.0. The van der Waals surface area contributed by atoms with Crippen LogP contribution in [-0.2, 0) is 4.74 Å². The Labute approximate surface area is 82.7 Å². The molecule has 0 aliphatic rings. The van der Waals surface area contributed by atoms with Gasteiger partial charge in [-0.1, -0.05) is 57.2 Å². The average Bonchev–Trinajstić information content (AvgIpc) is 2.25. The Hall–Kier alpha value is -0.820. The van der Waals surface area contributed by atoms with Crippen molar-refractivity contribution in [3.63, 3.8) is 0 Å². The highest BCUT2D eigenvalue weighted by Gasteiger charge is 1.66. The van der Waals surface area contributed by atoms with Gasteiger partial charge in [-0.2, -0.15) is 0 Å². The van der Waals surface area contributed by atoms with Crippen LogP contribution in [0.25, 0.3) is 0 Å². The first-order chi connectivity index (χ1) is 6.41. The molecule has 13 heavy (non-hydrogen) atoms. The van der Waals surface area contributed by atoms with Crippen LogP contribution in [0.15, 0.2) is 36.4 Å². The first kappa shape index (κ1) is 14.7. The van der Waals surface area contributed by atoms with Gasteiger partial charge in [0.05, 0.1) is 0 Å². The highest BCUT2D eigenvalue weighted by molar-refractivity contribution is 4.99. The quantitative estimate of drug-likeness (QED) is 0.676. The molecule has 0 saturated carbocycles. The Morgan fingerprint density at radius 2 is 1.15 bits per heavy atom. The summed E-state index contributed by atoms with van der Waals surface area (Å²) >= 11 is 0. The number of hydrogen-bond acceptors (Lipinski definition) is 1. The maximum Gasteiger partial charge on any atom is 0.0459 e. The first-order valence-corrected chi connectivity index (χ1v) is 4.90. The van der Waals surface area contributed by atoms with E-state index in [1.807, 2.05) is 50.2 Å². The molecule has 1 aromatic rings. The second kappa shape index (κ2) is 17.3. The Bertz CT molecular complexity index is 108. The fraction of sp³-hybridized carbons (Fsp3) is 0.500. The van der Waals surface area contributed by atoms with E-state index < -0.39 is 0 Å². The van der Waals surface area contributed by atoms with Gasteiger partial charge >= 0.3 is 0 Å². The number of hydrogen-bond donors (Lipinski definition) is 0. The van der Waals surface area contributed by atoms with Crippen LogP contribution < -0.4 is 0 Å². The van der Waals surface area contributed by atoms with Gasteiger partial charge < -0.3 is 4.74 Å². The van der Waals surface area contributed by atoms with Gasteiger partial charge in [-0.05, 0) is 6.42 Å². The van der Waals surface area contributed by atoms with E-state index in [1.165, 1.54) is 0 Å². The van der Waals surface area contributed by atoms with Crippen molar-refractivity contribution in [3.8, 4) is 0 Å². The molecule has 0 N–H and O–H groups in total. The zero-order valence-electron chi connectivity index (χ0n) is 9.29. The number of rotatable bonds is 2. The van der Waals surface area contributed by atoms with E-state index in [-0.39, 0.29) is 0 Å². The Kier molecular flexibility index (Phi) is 19.6. The van der Waals surface area contributed by atoms with E-state index in [0.717, 1.165) is 13.0 Å². The monoisotopic (exact) mass is 182 g/mol. The molecule has 0 radical (unpaired) electrons. The molecule has 0 unspecified atom stereocenters. The van der Waals surface area contributed by atoms with E-state index in [1.54, 1.807) is 7.11 Å². The molecule has 0 heterocycles. The lowest BCUT2D eigenvalue weighted by atomic mass is 10.4. The van der Waals surface area contributed by atoms with Crippen LogP contribution in [0.3, 0.4) is 0 Å². The van der Waals surface area contributed by atoms with Crippen molar-refractivity contribution < 1.29 is 4.74 Å². The SMILES string of the molecule is CC.CCCOC.c1ccccc1. The van der Waals surface area contributed by atoms with Crippen LogP contribution in [-0.4, -0.2) is 13.7 Å². The maximum atomic E-state index is 4.69. The standard InChI is InChI=1S/C6H6.C4H10O.C2H6/c1-2-4-6-5-3-1;1-3-4-5-2;1-2/h1-6H;3-4H2,1-2H3;1-2H3. The van der Waals surface area contributed by atoms with Gasteiger partial charge in [0.2, 0.25) is 0 Å². The first-order valence-electron chi connectivity index (χ1n) is 4.90. The molecule has 0 bridgehead atoms. The van der Waals surface area contributed by atoms with E-state index in [2.05, 4.69) is 6.92 Å². The third kappa shape index (κ3) is 18.3. The van der Waals surface area contributed by atoms with Gasteiger partial charge in [-0.15, -0.1) is 0 Å². The molecular weight excluding hydrogens is 160 g/mol. The summed E-state index contributed by atoms with van der Waals surface area (Å²) in [6.45, 7) is 6.98. The highest BCUT2D eigenvalue weighted by Crippen LogP contribution is 1.79. The minimum Gasteiger partial charge on any atom is -0.385 e. The third-order valence-electron chi connectivity index (χ3n) is 1.07. The van der Waals surface area contributed by atoms with Gasteiger partial charge in [0, 0.05) is 13.7 Å². The number of benzene rings is 1. The lowest BCUT2D eigenvalue weighted by molar-refractivity contribution is 0.199. The lowest BCUT2D eigenvalue weighted by Crippen LogP contribution is -1.80. The van der Waals surface area contributed by atoms with Crippen LogP contribution in [0.5, 0.6) is 0 Å². The molecule has 0 amide bonds. The van der Waals surface area contributed by atoms with Crippen molar-refractivity contribution in [2.24, 2.45) is 0 Å². The molecule has 1 aromatic carbocycles. The van der Waals surface area contributed by atoms with Crippen molar-refractivity contribution in [1.82, 2.24) is 0 Å². The zero-order valence-corrected chi connectivity index (χ0v) is 9.29. The lowest BCUT2D eigenvalue weighted by Gasteiger charge is -1.84. The Morgan fingerprint density at radius 1 is 0.846 bits per heavy atom. The van der Waals surface area contributed by atoms with Crippen LogP contribution in [0, 0.1) is 0 Å². The summed E-state index contributed by atoms with van der Waals surface area (Å²) in [5.41, 5.74) is 0. The predicted molar refractivity (Wildman–Crippen MR) is 60.0 cm³/mol. The summed E-state index contributed by atoms with van der Waals surface area (Å²) in [4.78, 5) is 0. The van der Waals surface area contributed by atoms with Gasteiger partial charge in [-0.3, -0.25) is 0 Å². The van der Waals surface area contributed by atoms with Crippen molar-refractivity contribution in [1.29, 1.82) is 0 Å². The average molecular weight is 182 g/mol. The number of ether oxygens (including phenoxy) is 1. The normalized spacial score (nSPS) is 7.38. The third-order valence-corrected chi connectivity index (χ3v) is 1.07. The molecule has 1 nitrogen and oxygen atoms in total. The van der Waals surface area contributed by atoms with Crippen molar-refractivity contribution in [3.05, 3.63) is 36.4 Å². The molecule has 76 valence electrons. The number of methoxy groups -OCH3 is 1. The van der Waals surface area contributed by atoms with Gasteiger partial charge in [-0.25, -0.2) is 0 Å². The molecule has 0 aliphatic heterocycles. The summed E-state index contributed by atoms with van der Waals surface area (Å²) in [6.07, 6.45) is 1.12. The topological polar surface area (TPSA) is 9.23 Å². The minimum absolute atomic E-state index is 0.889. The summed E-state index contributed by atoms with van der Waals surface area (Å²) in [5.74, 6) is 0. The molecular formula is C12H22O. The van der Waals surface area contributed by atoms with E-state index in [9.17, 15) is 0 Å². The zero-order chi connectivity index (χ0) is 10.4. The highest BCUT2D eigenvalue weighted by atomic mass is 16.5.